The van der Waals surface area contributed by atoms with Gasteiger partial charge in [0, 0.05) is 19.3 Å². The van der Waals surface area contributed by atoms with Crippen LogP contribution in [0.25, 0.3) is 0 Å². The first-order chi connectivity index (χ1) is 13.7. The summed E-state index contributed by atoms with van der Waals surface area (Å²) < 4.78 is 0. The van der Waals surface area contributed by atoms with Crippen LogP contribution < -0.4 is 9.80 Å². The number of benzene rings is 1. The Morgan fingerprint density at radius 2 is 1.93 bits per heavy atom. The van der Waals surface area contributed by atoms with Gasteiger partial charge in [0.1, 0.15) is 0 Å². The van der Waals surface area contributed by atoms with E-state index >= 15 is 0 Å². The smallest absolute Gasteiger partial charge is 0.207 e. The molecule has 0 bridgehead atoms. The first-order valence-corrected chi connectivity index (χ1v) is 9.95. The Labute approximate surface area is 177 Å². The number of allylic oxidation sites excluding steroid dienone is 2. The van der Waals surface area contributed by atoms with Crippen LogP contribution in [0.15, 0.2) is 35.3 Å². The molecular formula is C24H36N4O. The monoisotopic (exact) mass is 396 g/mol. The summed E-state index contributed by atoms with van der Waals surface area (Å²) in [6, 6.07) is 8.23. The van der Waals surface area contributed by atoms with Crippen LogP contribution >= 0.6 is 0 Å². The minimum atomic E-state index is -0.602. The van der Waals surface area contributed by atoms with Gasteiger partial charge in [-0.1, -0.05) is 32.9 Å². The van der Waals surface area contributed by atoms with Gasteiger partial charge in [-0.25, -0.2) is 0 Å². The first kappa shape index (κ1) is 26.2. The van der Waals surface area contributed by atoms with Gasteiger partial charge in [-0.2, -0.15) is 5.26 Å². The van der Waals surface area contributed by atoms with Crippen molar-refractivity contribution in [3.8, 4) is 18.4 Å². The van der Waals surface area contributed by atoms with E-state index in [4.69, 9.17) is 5.26 Å². The quantitative estimate of drug-likeness (QED) is 0.564. The van der Waals surface area contributed by atoms with Crippen LogP contribution in [0.4, 0.5) is 11.4 Å². The molecule has 2 rings (SSSR count). The molecule has 5 nitrogen and oxygen atoms in total. The third kappa shape index (κ3) is 9.32. The third-order valence-corrected chi connectivity index (χ3v) is 3.77. The maximum absolute atomic E-state index is 10.2. The highest BCUT2D eigenvalue weighted by atomic mass is 16.3. The predicted molar refractivity (Wildman–Crippen MR) is 125 cm³/mol. The fourth-order valence-corrected chi connectivity index (χ4v) is 2.54. The standard InChI is InChI=1S/C17H22N4O.C4H10.C3H4/c1-4-21-15-9-8-14(11-16(15)20(3)17(21)22)12-19-13(2)7-5-6-10-18;1-4(2)3;1-3-2/h5,7-9,11,17,22H,4,6,12H2,1-3H3;4H,1-3H3;1H,2H3/b7-5-,19-13?;;. The van der Waals surface area contributed by atoms with Gasteiger partial charge >= 0.3 is 0 Å². The lowest BCUT2D eigenvalue weighted by Gasteiger charge is -2.24. The molecule has 158 valence electrons. The van der Waals surface area contributed by atoms with Crippen molar-refractivity contribution in [2.75, 3.05) is 23.4 Å². The highest BCUT2D eigenvalue weighted by Gasteiger charge is 2.30. The molecule has 0 amide bonds. The second-order valence-electron chi connectivity index (χ2n) is 7.31. The minimum absolute atomic E-state index is 0.404. The van der Waals surface area contributed by atoms with E-state index in [1.54, 1.807) is 6.92 Å². The summed E-state index contributed by atoms with van der Waals surface area (Å²) in [5.74, 6) is 3.08. The van der Waals surface area contributed by atoms with Crippen LogP contribution in [0.1, 0.15) is 53.5 Å². The van der Waals surface area contributed by atoms with E-state index in [1.807, 2.05) is 55.0 Å². The van der Waals surface area contributed by atoms with Crippen molar-refractivity contribution in [3.05, 3.63) is 35.9 Å². The molecule has 1 atom stereocenters. The lowest BCUT2D eigenvalue weighted by atomic mass is 10.1. The Bertz CT molecular complexity index is 750. The third-order valence-electron chi connectivity index (χ3n) is 3.77. The van der Waals surface area contributed by atoms with E-state index in [-0.39, 0.29) is 0 Å². The topological polar surface area (TPSA) is 62.9 Å². The molecule has 1 aliphatic rings. The molecule has 5 heteroatoms. The van der Waals surface area contributed by atoms with E-state index in [0.29, 0.717) is 13.0 Å². The lowest BCUT2D eigenvalue weighted by Crippen LogP contribution is -2.40. The van der Waals surface area contributed by atoms with Crippen LogP contribution in [0.2, 0.25) is 0 Å². The van der Waals surface area contributed by atoms with Crippen LogP contribution in [0, 0.1) is 29.6 Å². The summed E-state index contributed by atoms with van der Waals surface area (Å²) in [6.07, 6.45) is 8.08. The van der Waals surface area contributed by atoms with E-state index < -0.39 is 6.35 Å². The summed E-state index contributed by atoms with van der Waals surface area (Å²) in [6.45, 7) is 13.5. The number of hydrogen-bond donors (Lipinski definition) is 1. The average Bonchev–Trinajstić information content (AvgIpc) is 2.90. The number of hydrogen-bond acceptors (Lipinski definition) is 5. The van der Waals surface area contributed by atoms with Crippen molar-refractivity contribution in [2.45, 2.75) is 60.9 Å². The fraction of sp³-hybridized carbons (Fsp3) is 0.500. The molecule has 0 spiro atoms. The molecule has 1 aromatic carbocycles. The number of fused-ring (bicyclic) bond motifs is 1. The fourth-order valence-electron chi connectivity index (χ4n) is 2.54. The van der Waals surface area contributed by atoms with Gasteiger partial charge in [-0.3, -0.25) is 4.99 Å². The van der Waals surface area contributed by atoms with Gasteiger partial charge in [0.25, 0.3) is 0 Å². The number of terminal acetylenes is 1. The largest absolute Gasteiger partial charge is 0.356 e. The molecule has 1 N–H and O–H groups in total. The number of aliphatic imine (C=N–C) groups is 1. The van der Waals surface area contributed by atoms with Crippen molar-refractivity contribution in [1.29, 1.82) is 5.26 Å². The highest BCUT2D eigenvalue weighted by Crippen LogP contribution is 2.38. The molecule has 0 aromatic heterocycles. The first-order valence-electron chi connectivity index (χ1n) is 9.95. The SMILES string of the molecule is C#CC.CC(C)C.CCN1c2ccc(CN=C(C)/C=C\CC#N)cc2N(C)C1O. The Kier molecular flexibility index (Phi) is 12.9. The summed E-state index contributed by atoms with van der Waals surface area (Å²) in [4.78, 5) is 8.32. The second kappa shape index (κ2) is 14.3. The predicted octanol–water partition coefficient (Wildman–Crippen LogP) is 4.97. The number of anilines is 2. The number of nitriles is 1. The van der Waals surface area contributed by atoms with Gasteiger partial charge in [-0.05, 0) is 50.5 Å². The zero-order valence-corrected chi connectivity index (χ0v) is 19.0. The molecular weight excluding hydrogens is 360 g/mol. The Morgan fingerprint density at radius 1 is 1.34 bits per heavy atom. The number of aliphatic hydroxyl groups excluding tert-OH is 1. The normalized spacial score (nSPS) is 15.1. The zero-order valence-electron chi connectivity index (χ0n) is 19.0. The van der Waals surface area contributed by atoms with Crippen LogP contribution in [-0.4, -0.2) is 30.8 Å². The molecule has 0 aliphatic carbocycles. The van der Waals surface area contributed by atoms with Crippen molar-refractivity contribution in [3.63, 3.8) is 0 Å². The average molecular weight is 397 g/mol. The van der Waals surface area contributed by atoms with Crippen molar-refractivity contribution in [1.82, 2.24) is 0 Å². The van der Waals surface area contributed by atoms with Gasteiger partial charge in [0.2, 0.25) is 6.35 Å². The van der Waals surface area contributed by atoms with E-state index in [9.17, 15) is 5.11 Å². The molecule has 0 fully saturated rings. The van der Waals surface area contributed by atoms with E-state index in [1.165, 1.54) is 0 Å². The summed E-state index contributed by atoms with van der Waals surface area (Å²) >= 11 is 0. The van der Waals surface area contributed by atoms with Gasteiger partial charge in [-0.15, -0.1) is 12.3 Å². The van der Waals surface area contributed by atoms with Crippen LogP contribution in [-0.2, 0) is 6.54 Å². The summed E-state index contributed by atoms with van der Waals surface area (Å²) in [5, 5.41) is 18.7. The lowest BCUT2D eigenvalue weighted by molar-refractivity contribution is 0.179. The zero-order chi connectivity index (χ0) is 22.4. The summed E-state index contributed by atoms with van der Waals surface area (Å²) in [7, 11) is 1.89. The maximum atomic E-state index is 10.2. The maximum Gasteiger partial charge on any atom is 0.207 e. The van der Waals surface area contributed by atoms with Crippen molar-refractivity contribution >= 4 is 17.1 Å². The van der Waals surface area contributed by atoms with Gasteiger partial charge in [0.15, 0.2) is 0 Å². The highest BCUT2D eigenvalue weighted by molar-refractivity contribution is 5.92. The number of aliphatic hydroxyl groups is 1. The van der Waals surface area contributed by atoms with Crippen LogP contribution in [0.3, 0.4) is 0 Å². The summed E-state index contributed by atoms with van der Waals surface area (Å²) in [5.41, 5.74) is 4.08. The minimum Gasteiger partial charge on any atom is -0.356 e. The second-order valence-corrected chi connectivity index (χ2v) is 7.31. The Balaban J connectivity index is 0.000000975. The molecule has 29 heavy (non-hydrogen) atoms. The Hall–Kier alpha value is -2.76. The van der Waals surface area contributed by atoms with E-state index in [0.717, 1.165) is 35.1 Å². The molecule has 0 radical (unpaired) electrons. The molecule has 0 saturated carbocycles. The molecule has 1 aromatic rings. The van der Waals surface area contributed by atoms with Crippen molar-refractivity contribution < 1.29 is 5.11 Å². The van der Waals surface area contributed by atoms with Gasteiger partial charge < -0.3 is 14.9 Å². The molecule has 0 saturated heterocycles. The number of rotatable bonds is 5. The number of nitrogens with zero attached hydrogens (tertiary/aromatic N) is 4. The van der Waals surface area contributed by atoms with Gasteiger partial charge in [0.05, 0.1) is 30.4 Å². The Morgan fingerprint density at radius 3 is 2.45 bits per heavy atom. The molecule has 1 unspecified atom stereocenters. The molecule has 1 aliphatic heterocycles. The van der Waals surface area contributed by atoms with Crippen LogP contribution in [0.5, 0.6) is 0 Å². The van der Waals surface area contributed by atoms with E-state index in [2.05, 4.69) is 50.2 Å². The van der Waals surface area contributed by atoms with Crippen molar-refractivity contribution in [2.24, 2.45) is 10.9 Å². The molecule has 1 heterocycles.